The number of hydrogen-bond acceptors (Lipinski definition) is 3. The lowest BCUT2D eigenvalue weighted by Crippen LogP contribution is -2.40. The Labute approximate surface area is 85.2 Å². The molecule has 0 saturated carbocycles. The van der Waals surface area contributed by atoms with Gasteiger partial charge in [0.05, 0.1) is 0 Å². The summed E-state index contributed by atoms with van der Waals surface area (Å²) in [6.45, 7) is 6.32. The second-order valence-electron chi connectivity index (χ2n) is 4.51. The predicted octanol–water partition coefficient (Wildman–Crippen LogP) is 1.99. The van der Waals surface area contributed by atoms with Gasteiger partial charge < -0.3 is 9.47 Å². The van der Waals surface area contributed by atoms with Crippen LogP contribution >= 0.6 is 0 Å². The molecule has 0 bridgehead atoms. The minimum absolute atomic E-state index is 0.107. The van der Waals surface area contributed by atoms with Crippen molar-refractivity contribution >= 4 is 6.09 Å². The van der Waals surface area contributed by atoms with Crippen LogP contribution in [0.25, 0.3) is 0 Å². The van der Waals surface area contributed by atoms with E-state index in [2.05, 4.69) is 0 Å². The van der Waals surface area contributed by atoms with Gasteiger partial charge in [0.1, 0.15) is 11.8 Å². The minimum Gasteiger partial charge on any atom is -0.444 e. The van der Waals surface area contributed by atoms with Crippen LogP contribution in [0.15, 0.2) is 0 Å². The van der Waals surface area contributed by atoms with Gasteiger partial charge in [0.25, 0.3) is 0 Å². The van der Waals surface area contributed by atoms with E-state index in [4.69, 9.17) is 9.47 Å². The van der Waals surface area contributed by atoms with Crippen LogP contribution in [0, 0.1) is 0 Å². The van der Waals surface area contributed by atoms with Crippen LogP contribution in [-0.4, -0.2) is 36.5 Å². The van der Waals surface area contributed by atoms with E-state index >= 15 is 0 Å². The van der Waals surface area contributed by atoms with Gasteiger partial charge in [-0.2, -0.15) is 0 Å². The molecule has 82 valence electrons. The Bertz CT molecular complexity index is 210. The third-order valence-corrected chi connectivity index (χ3v) is 2.10. The van der Waals surface area contributed by atoms with Crippen molar-refractivity contribution in [3.63, 3.8) is 0 Å². The zero-order chi connectivity index (χ0) is 10.8. The average Bonchev–Trinajstić information content (AvgIpc) is 2.47. The Balaban J connectivity index is 2.52. The van der Waals surface area contributed by atoms with E-state index in [-0.39, 0.29) is 12.3 Å². The van der Waals surface area contributed by atoms with Gasteiger partial charge >= 0.3 is 6.09 Å². The fourth-order valence-electron chi connectivity index (χ4n) is 1.51. The number of methoxy groups -OCH3 is 1. The summed E-state index contributed by atoms with van der Waals surface area (Å²) in [5, 5.41) is 0. The molecule has 1 aliphatic rings. The summed E-state index contributed by atoms with van der Waals surface area (Å²) < 4.78 is 10.4. The number of carbonyl (C=O) groups is 1. The van der Waals surface area contributed by atoms with Crippen molar-refractivity contribution in [3.8, 4) is 0 Å². The Morgan fingerprint density at radius 1 is 1.43 bits per heavy atom. The largest absolute Gasteiger partial charge is 0.444 e. The Morgan fingerprint density at radius 2 is 2.07 bits per heavy atom. The molecule has 1 atom stereocenters. The second kappa shape index (κ2) is 4.17. The predicted molar refractivity (Wildman–Crippen MR) is 53.0 cm³/mol. The zero-order valence-corrected chi connectivity index (χ0v) is 9.37. The summed E-state index contributed by atoms with van der Waals surface area (Å²) in [7, 11) is 1.62. The highest BCUT2D eigenvalue weighted by Gasteiger charge is 2.31. The van der Waals surface area contributed by atoms with E-state index < -0.39 is 5.60 Å². The summed E-state index contributed by atoms with van der Waals surface area (Å²) in [6.07, 6.45) is 1.50. The van der Waals surface area contributed by atoms with Crippen LogP contribution in [-0.2, 0) is 9.47 Å². The fraction of sp³-hybridized carbons (Fsp3) is 0.900. The maximum absolute atomic E-state index is 11.7. The summed E-state index contributed by atoms with van der Waals surface area (Å²) in [5.41, 5.74) is -0.433. The fourth-order valence-corrected chi connectivity index (χ4v) is 1.51. The topological polar surface area (TPSA) is 38.8 Å². The first-order valence-corrected chi connectivity index (χ1v) is 4.96. The van der Waals surface area contributed by atoms with E-state index in [0.717, 1.165) is 19.4 Å². The summed E-state index contributed by atoms with van der Waals surface area (Å²) >= 11 is 0. The van der Waals surface area contributed by atoms with Gasteiger partial charge in [0.2, 0.25) is 0 Å². The van der Waals surface area contributed by atoms with Crippen LogP contribution in [0.5, 0.6) is 0 Å². The molecule has 1 aliphatic heterocycles. The van der Waals surface area contributed by atoms with Gasteiger partial charge in [-0.1, -0.05) is 0 Å². The van der Waals surface area contributed by atoms with Crippen molar-refractivity contribution in [1.82, 2.24) is 4.90 Å². The van der Waals surface area contributed by atoms with E-state index in [0.29, 0.717) is 0 Å². The molecule has 1 saturated heterocycles. The van der Waals surface area contributed by atoms with Gasteiger partial charge in [-0.15, -0.1) is 0 Å². The first kappa shape index (κ1) is 11.3. The second-order valence-corrected chi connectivity index (χ2v) is 4.51. The summed E-state index contributed by atoms with van der Waals surface area (Å²) in [4.78, 5) is 13.3. The van der Waals surface area contributed by atoms with Crippen LogP contribution in [0.2, 0.25) is 0 Å². The van der Waals surface area contributed by atoms with Crippen molar-refractivity contribution in [2.24, 2.45) is 0 Å². The molecule has 0 radical (unpaired) electrons. The number of amides is 1. The molecule has 0 N–H and O–H groups in total. The van der Waals surface area contributed by atoms with Crippen molar-refractivity contribution in [2.45, 2.75) is 45.4 Å². The van der Waals surface area contributed by atoms with Crippen LogP contribution < -0.4 is 0 Å². The first-order valence-electron chi connectivity index (χ1n) is 4.96. The van der Waals surface area contributed by atoms with E-state index in [1.165, 1.54) is 0 Å². The number of rotatable bonds is 1. The number of ether oxygens (including phenoxy) is 2. The third-order valence-electron chi connectivity index (χ3n) is 2.10. The van der Waals surface area contributed by atoms with Crippen LogP contribution in [0.1, 0.15) is 33.6 Å². The first-order chi connectivity index (χ1) is 6.44. The van der Waals surface area contributed by atoms with Crippen LogP contribution in [0.3, 0.4) is 0 Å². The lowest BCUT2D eigenvalue weighted by atomic mass is 10.2. The molecule has 1 fully saturated rings. The van der Waals surface area contributed by atoms with E-state index in [9.17, 15) is 4.79 Å². The van der Waals surface area contributed by atoms with Gasteiger partial charge in [-0.05, 0) is 33.6 Å². The highest BCUT2D eigenvalue weighted by atomic mass is 16.6. The normalized spacial score (nSPS) is 22.6. The average molecular weight is 201 g/mol. The van der Waals surface area contributed by atoms with Gasteiger partial charge in [-0.25, -0.2) is 4.79 Å². The molecule has 1 amide bonds. The minimum atomic E-state index is -0.433. The zero-order valence-electron chi connectivity index (χ0n) is 9.37. The van der Waals surface area contributed by atoms with Crippen molar-refractivity contribution in [2.75, 3.05) is 13.7 Å². The van der Waals surface area contributed by atoms with E-state index in [1.54, 1.807) is 12.0 Å². The lowest BCUT2D eigenvalue weighted by molar-refractivity contribution is -0.0305. The molecule has 1 unspecified atom stereocenters. The molecule has 4 heteroatoms. The van der Waals surface area contributed by atoms with Gasteiger partial charge in [-0.3, -0.25) is 4.90 Å². The molecular formula is C10H19NO3. The maximum atomic E-state index is 11.7. The summed E-state index contributed by atoms with van der Waals surface area (Å²) in [6, 6.07) is 0. The van der Waals surface area contributed by atoms with Gasteiger partial charge in [0, 0.05) is 13.7 Å². The molecule has 0 aromatic heterocycles. The smallest absolute Gasteiger partial charge is 0.412 e. The Hall–Kier alpha value is -0.770. The molecule has 4 nitrogen and oxygen atoms in total. The molecule has 0 aliphatic carbocycles. The van der Waals surface area contributed by atoms with Gasteiger partial charge in [0.15, 0.2) is 0 Å². The number of carbonyl (C=O) groups excluding carboxylic acids is 1. The van der Waals surface area contributed by atoms with Crippen molar-refractivity contribution < 1.29 is 14.3 Å². The number of likely N-dealkylation sites (tertiary alicyclic amines) is 1. The van der Waals surface area contributed by atoms with Crippen molar-refractivity contribution in [1.29, 1.82) is 0 Å². The Kier molecular flexibility index (Phi) is 3.37. The van der Waals surface area contributed by atoms with E-state index in [1.807, 2.05) is 20.8 Å². The lowest BCUT2D eigenvalue weighted by Gasteiger charge is -2.27. The van der Waals surface area contributed by atoms with Crippen LogP contribution in [0.4, 0.5) is 4.79 Å². The standard InChI is InChI=1S/C10H19NO3/c1-10(2,3)14-9(12)11-7-5-6-8(11)13-4/h8H,5-7H2,1-4H3. The van der Waals surface area contributed by atoms with Crippen molar-refractivity contribution in [3.05, 3.63) is 0 Å². The SMILES string of the molecule is COC1CCCN1C(=O)OC(C)(C)C. The molecular weight excluding hydrogens is 182 g/mol. The quantitative estimate of drug-likeness (QED) is 0.651. The highest BCUT2D eigenvalue weighted by molar-refractivity contribution is 5.68. The molecule has 0 aromatic rings. The number of hydrogen-bond donors (Lipinski definition) is 0. The maximum Gasteiger partial charge on any atom is 0.412 e. The summed E-state index contributed by atoms with van der Waals surface area (Å²) in [5.74, 6) is 0. The monoisotopic (exact) mass is 201 g/mol. The molecule has 1 heterocycles. The third kappa shape index (κ3) is 2.87. The number of nitrogens with zero attached hydrogens (tertiary/aromatic N) is 1. The molecule has 0 aromatic carbocycles. The molecule has 14 heavy (non-hydrogen) atoms. The molecule has 0 spiro atoms. The Morgan fingerprint density at radius 3 is 2.57 bits per heavy atom. The highest BCUT2D eigenvalue weighted by Crippen LogP contribution is 2.20. The molecule has 1 rings (SSSR count).